The smallest absolute Gasteiger partial charge is 0.344 e. The predicted molar refractivity (Wildman–Crippen MR) is 169 cm³/mol. The molecular weight excluding hydrogens is 592 g/mol. The molecule has 1 aliphatic heterocycles. The monoisotopic (exact) mass is 620 g/mol. The van der Waals surface area contributed by atoms with Crippen molar-refractivity contribution < 1.29 is 33.4 Å². The van der Waals surface area contributed by atoms with E-state index in [1.54, 1.807) is 60.7 Å². The number of fused-ring (bicyclic) bond motifs is 2. The summed E-state index contributed by atoms with van der Waals surface area (Å²) in [6.45, 7) is 0.297. The Morgan fingerprint density at radius 1 is 0.696 bits per heavy atom. The Morgan fingerprint density at radius 3 is 1.76 bits per heavy atom. The molecule has 11 nitrogen and oxygen atoms in total. The van der Waals surface area contributed by atoms with Crippen LogP contribution in [0.15, 0.2) is 103 Å². The molecule has 3 N–H and O–H groups in total. The number of imide groups is 1. The zero-order valence-electron chi connectivity index (χ0n) is 24.4. The fourth-order valence-electron chi connectivity index (χ4n) is 5.65. The van der Waals surface area contributed by atoms with Crippen molar-refractivity contribution in [2.45, 2.75) is 31.6 Å². The molecular formula is C35H28N2O9. The van der Waals surface area contributed by atoms with Gasteiger partial charge in [0.15, 0.2) is 0 Å². The van der Waals surface area contributed by atoms with Crippen molar-refractivity contribution in [3.05, 3.63) is 122 Å². The van der Waals surface area contributed by atoms with Gasteiger partial charge in [-0.1, -0.05) is 42.8 Å². The molecule has 0 spiro atoms. The van der Waals surface area contributed by atoms with Crippen LogP contribution in [0.1, 0.15) is 48.3 Å². The largest absolute Gasteiger partial charge is 0.507 e. The normalized spacial score (nSPS) is 12.9. The fraction of sp³-hybridized carbons (Fsp3) is 0.171. The number of rotatable bonds is 10. The lowest BCUT2D eigenvalue weighted by molar-refractivity contribution is -0.136. The van der Waals surface area contributed by atoms with Gasteiger partial charge in [-0.2, -0.15) is 0 Å². The number of hydrogen-bond donors (Lipinski definition) is 3. The molecule has 0 atom stereocenters. The highest BCUT2D eigenvalue weighted by atomic mass is 16.4. The molecule has 0 saturated heterocycles. The van der Waals surface area contributed by atoms with Gasteiger partial charge in [-0.3, -0.25) is 19.3 Å². The van der Waals surface area contributed by atoms with Crippen LogP contribution >= 0.6 is 0 Å². The van der Waals surface area contributed by atoms with Gasteiger partial charge in [0, 0.05) is 30.8 Å². The van der Waals surface area contributed by atoms with Crippen molar-refractivity contribution in [3.63, 3.8) is 0 Å². The zero-order valence-corrected chi connectivity index (χ0v) is 24.4. The molecule has 0 radical (unpaired) electrons. The summed E-state index contributed by atoms with van der Waals surface area (Å²) >= 11 is 0. The molecule has 3 amide bonds. The maximum atomic E-state index is 13.4. The van der Waals surface area contributed by atoms with Crippen LogP contribution in [0, 0.1) is 0 Å². The number of para-hydroxylation sites is 2. The molecule has 0 aliphatic carbocycles. The maximum Gasteiger partial charge on any atom is 0.344 e. The molecule has 11 heteroatoms. The van der Waals surface area contributed by atoms with Crippen LogP contribution in [0.2, 0.25) is 0 Å². The Morgan fingerprint density at radius 2 is 1.22 bits per heavy atom. The fourth-order valence-corrected chi connectivity index (χ4v) is 5.65. The summed E-state index contributed by atoms with van der Waals surface area (Å²) in [6, 6.07) is 19.1. The first-order valence-corrected chi connectivity index (χ1v) is 14.7. The van der Waals surface area contributed by atoms with Gasteiger partial charge in [0.2, 0.25) is 5.91 Å². The summed E-state index contributed by atoms with van der Waals surface area (Å²) in [5.74, 6) is -3.02. The molecule has 0 bridgehead atoms. The SMILES string of the molecule is O=C(CCCCCN1C(=O)C=CC1=O)Nc1ccc(C(c2c(O)c3ccccc3oc2=O)c2c(O)c3ccccc3oc2=O)cc1. The third kappa shape index (κ3) is 5.77. The van der Waals surface area contributed by atoms with Crippen molar-refractivity contribution in [2.24, 2.45) is 0 Å². The Kier molecular flexibility index (Phi) is 8.21. The number of aromatic hydroxyl groups is 2. The van der Waals surface area contributed by atoms with Gasteiger partial charge >= 0.3 is 11.3 Å². The van der Waals surface area contributed by atoms with Gasteiger partial charge in [0.05, 0.1) is 27.8 Å². The summed E-state index contributed by atoms with van der Waals surface area (Å²) in [5.41, 5.74) is -1.25. The van der Waals surface area contributed by atoms with Gasteiger partial charge in [-0.05, 0) is 54.8 Å². The van der Waals surface area contributed by atoms with Gasteiger partial charge in [0.1, 0.15) is 22.7 Å². The van der Waals surface area contributed by atoms with E-state index in [4.69, 9.17) is 8.83 Å². The van der Waals surface area contributed by atoms with Crippen LogP contribution in [0.5, 0.6) is 11.5 Å². The van der Waals surface area contributed by atoms with E-state index in [0.717, 1.165) is 4.90 Å². The molecule has 3 aromatic carbocycles. The van der Waals surface area contributed by atoms with E-state index < -0.39 is 28.7 Å². The molecule has 46 heavy (non-hydrogen) atoms. The molecule has 1 aliphatic rings. The van der Waals surface area contributed by atoms with E-state index >= 15 is 0 Å². The molecule has 232 valence electrons. The lowest BCUT2D eigenvalue weighted by Crippen LogP contribution is -2.30. The van der Waals surface area contributed by atoms with Crippen molar-refractivity contribution in [3.8, 4) is 11.5 Å². The molecule has 0 fully saturated rings. The molecule has 2 aromatic heterocycles. The Hall–Kier alpha value is -5.97. The van der Waals surface area contributed by atoms with E-state index in [0.29, 0.717) is 37.1 Å². The van der Waals surface area contributed by atoms with Gasteiger partial charge in [-0.25, -0.2) is 9.59 Å². The van der Waals surface area contributed by atoms with Crippen LogP contribution < -0.4 is 16.6 Å². The van der Waals surface area contributed by atoms with Crippen LogP contribution in [-0.4, -0.2) is 39.4 Å². The van der Waals surface area contributed by atoms with E-state index in [9.17, 15) is 34.2 Å². The number of benzene rings is 3. The van der Waals surface area contributed by atoms with E-state index in [1.165, 1.54) is 24.3 Å². The average molecular weight is 621 g/mol. The van der Waals surface area contributed by atoms with Crippen molar-refractivity contribution >= 4 is 45.3 Å². The first kappa shape index (κ1) is 30.1. The Labute approximate surface area is 261 Å². The van der Waals surface area contributed by atoms with E-state index in [-0.39, 0.29) is 57.2 Å². The number of carbonyl (C=O) groups is 3. The van der Waals surface area contributed by atoms with E-state index in [2.05, 4.69) is 5.32 Å². The second-order valence-corrected chi connectivity index (χ2v) is 10.9. The summed E-state index contributed by atoms with van der Waals surface area (Å²) in [6.07, 6.45) is 4.45. The Balaban J connectivity index is 1.26. The summed E-state index contributed by atoms with van der Waals surface area (Å²) < 4.78 is 11.0. The number of nitrogens with one attached hydrogen (secondary N) is 1. The predicted octanol–water partition coefficient (Wildman–Crippen LogP) is 4.91. The first-order chi connectivity index (χ1) is 22.2. The van der Waals surface area contributed by atoms with Crippen molar-refractivity contribution in [1.29, 1.82) is 0 Å². The number of amides is 3. The van der Waals surface area contributed by atoms with Gasteiger partial charge < -0.3 is 24.4 Å². The molecule has 0 saturated carbocycles. The third-order valence-corrected chi connectivity index (χ3v) is 7.93. The summed E-state index contributed by atoms with van der Waals surface area (Å²) in [5, 5.41) is 25.9. The van der Waals surface area contributed by atoms with Crippen molar-refractivity contribution in [2.75, 3.05) is 11.9 Å². The lowest BCUT2D eigenvalue weighted by Gasteiger charge is -2.20. The van der Waals surface area contributed by atoms with E-state index in [1.807, 2.05) is 0 Å². The maximum absolute atomic E-state index is 13.4. The van der Waals surface area contributed by atoms with Crippen LogP contribution in [-0.2, 0) is 14.4 Å². The topological polar surface area (TPSA) is 167 Å². The minimum Gasteiger partial charge on any atom is -0.507 e. The number of unbranched alkanes of at least 4 members (excludes halogenated alkanes) is 2. The number of carbonyl (C=O) groups excluding carboxylic acids is 3. The van der Waals surface area contributed by atoms with Crippen LogP contribution in [0.3, 0.4) is 0 Å². The summed E-state index contributed by atoms with van der Waals surface area (Å²) in [4.78, 5) is 63.8. The highest BCUT2D eigenvalue weighted by Gasteiger charge is 2.32. The summed E-state index contributed by atoms with van der Waals surface area (Å²) in [7, 11) is 0. The molecule has 6 rings (SSSR count). The number of hydrogen-bond acceptors (Lipinski definition) is 9. The molecule has 3 heterocycles. The molecule has 5 aromatic rings. The van der Waals surface area contributed by atoms with Crippen LogP contribution in [0.25, 0.3) is 21.9 Å². The zero-order chi connectivity index (χ0) is 32.4. The molecule has 0 unspecified atom stereocenters. The van der Waals surface area contributed by atoms with Gasteiger partial charge in [-0.15, -0.1) is 0 Å². The standard InChI is InChI=1S/C35H28N2O9/c38-26(12-2-1-7-19-37-27(39)17-18-28(37)40)36-21-15-13-20(14-16-21)29(30-32(41)22-8-3-5-10-24(22)45-34(30)43)31-33(42)23-9-4-6-11-25(23)46-35(31)44/h3-6,8-11,13-18,29,41-42H,1-2,7,12,19H2,(H,36,38). The van der Waals surface area contributed by atoms with Crippen LogP contribution in [0.4, 0.5) is 5.69 Å². The second-order valence-electron chi connectivity index (χ2n) is 10.9. The highest BCUT2D eigenvalue weighted by molar-refractivity contribution is 6.12. The number of nitrogens with zero attached hydrogens (tertiary/aromatic N) is 1. The Bertz CT molecular complexity index is 2030. The third-order valence-electron chi connectivity index (χ3n) is 7.93. The average Bonchev–Trinajstić information content (AvgIpc) is 3.36. The quantitative estimate of drug-likeness (QED) is 0.112. The lowest BCUT2D eigenvalue weighted by atomic mass is 9.84. The minimum absolute atomic E-state index is 0.148. The number of anilines is 1. The first-order valence-electron chi connectivity index (χ1n) is 14.7. The second kappa shape index (κ2) is 12.6. The van der Waals surface area contributed by atoms with Gasteiger partial charge in [0.25, 0.3) is 11.8 Å². The minimum atomic E-state index is -1.30. The highest BCUT2D eigenvalue weighted by Crippen LogP contribution is 2.42. The van der Waals surface area contributed by atoms with Crippen molar-refractivity contribution in [1.82, 2.24) is 4.90 Å².